The van der Waals surface area contributed by atoms with E-state index in [2.05, 4.69) is 26.0 Å². The van der Waals surface area contributed by atoms with Crippen LogP contribution in [-0.4, -0.2) is 41.2 Å². The van der Waals surface area contributed by atoms with Crippen LogP contribution in [0.15, 0.2) is 33.7 Å². The second-order valence-electron chi connectivity index (χ2n) is 7.93. The molecule has 0 atom stereocenters. The summed E-state index contributed by atoms with van der Waals surface area (Å²) in [6.07, 6.45) is 2.25. The first-order valence-electron chi connectivity index (χ1n) is 9.70. The molecule has 170 valence electrons. The minimum Gasteiger partial charge on any atom is -0.396 e. The molecule has 0 spiro atoms. The van der Waals surface area contributed by atoms with E-state index < -0.39 is 26.5 Å². The lowest BCUT2D eigenvalue weighted by Crippen LogP contribution is -2.34. The Labute approximate surface area is 188 Å². The Hall–Kier alpha value is -1.95. The maximum Gasteiger partial charge on any atom is 0.255 e. The molecule has 1 aromatic heterocycles. The summed E-state index contributed by atoms with van der Waals surface area (Å²) in [7, 11) is -2.43. The first-order valence-corrected chi connectivity index (χ1v) is 12.0. The fourth-order valence-electron chi connectivity index (χ4n) is 3.54. The lowest BCUT2D eigenvalue weighted by molar-refractivity contribution is 0.141. The van der Waals surface area contributed by atoms with Crippen molar-refractivity contribution in [3.8, 4) is 0 Å². The highest BCUT2D eigenvalue weighted by Gasteiger charge is 2.55. The molecule has 0 amide bonds. The van der Waals surface area contributed by atoms with Gasteiger partial charge in [0.05, 0.1) is 21.8 Å². The van der Waals surface area contributed by atoms with Crippen LogP contribution in [0.2, 0.25) is 0 Å². The second-order valence-corrected chi connectivity index (χ2v) is 10.9. The molecular formula is C20H25BrFN3O5S. The summed E-state index contributed by atoms with van der Waals surface area (Å²) in [6, 6.07) is 4.35. The molecule has 0 saturated heterocycles. The van der Waals surface area contributed by atoms with Gasteiger partial charge in [-0.1, -0.05) is 15.9 Å². The van der Waals surface area contributed by atoms with Crippen LogP contribution < -0.4 is 15.6 Å². The number of aliphatic hydroxyl groups is 2. The predicted octanol–water partition coefficient (Wildman–Crippen LogP) is 2.60. The van der Waals surface area contributed by atoms with Crippen LogP contribution in [0, 0.1) is 18.7 Å². The summed E-state index contributed by atoms with van der Waals surface area (Å²) in [5, 5.41) is 21.6. The molecule has 2 aromatic rings. The van der Waals surface area contributed by atoms with Gasteiger partial charge >= 0.3 is 0 Å². The fraction of sp³-hybridized carbons (Fsp3) is 0.450. The van der Waals surface area contributed by atoms with E-state index >= 15 is 0 Å². The van der Waals surface area contributed by atoms with Crippen molar-refractivity contribution >= 4 is 43.0 Å². The number of sulfonamides is 1. The van der Waals surface area contributed by atoms with Crippen molar-refractivity contribution in [3.63, 3.8) is 0 Å². The molecule has 1 aromatic carbocycles. The molecule has 0 aliphatic heterocycles. The summed E-state index contributed by atoms with van der Waals surface area (Å²) in [6.45, 7) is 0.893. The van der Waals surface area contributed by atoms with Crippen molar-refractivity contribution in [1.82, 2.24) is 4.57 Å². The summed E-state index contributed by atoms with van der Waals surface area (Å²) in [4.78, 5) is 12.5. The Balaban J connectivity index is 2.00. The van der Waals surface area contributed by atoms with E-state index in [9.17, 15) is 27.8 Å². The first-order chi connectivity index (χ1) is 14.5. The van der Waals surface area contributed by atoms with Crippen LogP contribution in [0.1, 0.15) is 24.8 Å². The second kappa shape index (κ2) is 8.89. The number of rotatable bonds is 9. The van der Waals surface area contributed by atoms with E-state index in [4.69, 9.17) is 0 Å². The third kappa shape index (κ3) is 4.79. The van der Waals surface area contributed by atoms with Crippen LogP contribution >= 0.6 is 15.9 Å². The van der Waals surface area contributed by atoms with Crippen molar-refractivity contribution in [2.24, 2.45) is 13.0 Å². The number of aliphatic hydroxyl groups excluding tert-OH is 2. The monoisotopic (exact) mass is 517 g/mol. The van der Waals surface area contributed by atoms with Gasteiger partial charge in [-0.05, 0) is 44.4 Å². The van der Waals surface area contributed by atoms with E-state index in [1.807, 2.05) is 0 Å². The molecule has 1 aliphatic rings. The number of benzene rings is 1. The van der Waals surface area contributed by atoms with Crippen LogP contribution in [-0.2, 0) is 17.1 Å². The van der Waals surface area contributed by atoms with Gasteiger partial charge in [0.1, 0.15) is 5.82 Å². The van der Waals surface area contributed by atoms with Gasteiger partial charge in [-0.3, -0.25) is 9.52 Å². The third-order valence-electron chi connectivity index (χ3n) is 5.60. The van der Waals surface area contributed by atoms with E-state index in [1.54, 1.807) is 6.07 Å². The number of hydrogen-bond acceptors (Lipinski definition) is 6. The van der Waals surface area contributed by atoms with Crippen LogP contribution in [0.4, 0.5) is 21.5 Å². The average Bonchev–Trinajstić information content (AvgIpc) is 3.50. The van der Waals surface area contributed by atoms with E-state index in [1.165, 1.54) is 36.9 Å². The summed E-state index contributed by atoms with van der Waals surface area (Å²) < 4.78 is 44.0. The zero-order valence-corrected chi connectivity index (χ0v) is 19.6. The Morgan fingerprint density at radius 1 is 1.26 bits per heavy atom. The van der Waals surface area contributed by atoms with Gasteiger partial charge in [-0.2, -0.15) is 0 Å². The molecule has 0 radical (unpaired) electrons. The Kier molecular flexibility index (Phi) is 6.80. The number of pyridine rings is 1. The third-order valence-corrected chi connectivity index (χ3v) is 8.30. The van der Waals surface area contributed by atoms with Crippen molar-refractivity contribution in [3.05, 3.63) is 50.6 Å². The lowest BCUT2D eigenvalue weighted by atomic mass is 10.0. The maximum atomic E-state index is 14.4. The van der Waals surface area contributed by atoms with Crippen molar-refractivity contribution in [2.75, 3.05) is 23.3 Å². The number of hydrogen-bond donors (Lipinski definition) is 4. The zero-order valence-electron chi connectivity index (χ0n) is 17.2. The molecular weight excluding hydrogens is 493 g/mol. The fourth-order valence-corrected chi connectivity index (χ4v) is 5.63. The van der Waals surface area contributed by atoms with Crippen molar-refractivity contribution in [2.45, 2.75) is 30.9 Å². The highest BCUT2D eigenvalue weighted by Crippen LogP contribution is 2.49. The summed E-state index contributed by atoms with van der Waals surface area (Å²) in [5.41, 5.74) is 0.215. The van der Waals surface area contributed by atoms with E-state index in [0.29, 0.717) is 17.3 Å². The number of anilines is 3. The lowest BCUT2D eigenvalue weighted by Gasteiger charge is -2.23. The van der Waals surface area contributed by atoms with Gasteiger partial charge < -0.3 is 20.1 Å². The molecule has 4 N–H and O–H groups in total. The summed E-state index contributed by atoms with van der Waals surface area (Å²) in [5.74, 6) is -1.12. The van der Waals surface area contributed by atoms with Gasteiger partial charge in [0, 0.05) is 42.4 Å². The SMILES string of the molecule is Cc1c(Nc2ccc(Br)cc2F)c(NS(=O)(=O)C2(CC(CO)CO)CC2)cn(C)c1=O. The Morgan fingerprint density at radius 2 is 1.90 bits per heavy atom. The minimum absolute atomic E-state index is 0.0850. The molecule has 3 rings (SSSR count). The molecule has 0 unspecified atom stereocenters. The van der Waals surface area contributed by atoms with Gasteiger partial charge in [0.2, 0.25) is 10.0 Å². The van der Waals surface area contributed by atoms with Crippen LogP contribution in [0.5, 0.6) is 0 Å². The largest absolute Gasteiger partial charge is 0.396 e. The van der Waals surface area contributed by atoms with Crippen molar-refractivity contribution < 1.29 is 23.0 Å². The smallest absolute Gasteiger partial charge is 0.255 e. The Morgan fingerprint density at radius 3 is 2.45 bits per heavy atom. The quantitative estimate of drug-likeness (QED) is 0.405. The number of nitrogens with zero attached hydrogens (tertiary/aromatic N) is 1. The maximum absolute atomic E-state index is 14.4. The Bertz CT molecular complexity index is 1140. The molecule has 31 heavy (non-hydrogen) atoms. The van der Waals surface area contributed by atoms with Gasteiger partial charge in [0.15, 0.2) is 0 Å². The molecule has 8 nitrogen and oxygen atoms in total. The number of aryl methyl sites for hydroxylation is 1. The van der Waals surface area contributed by atoms with E-state index in [0.717, 1.165) is 0 Å². The standard InChI is InChI=1S/C20H25BrFN3O5S/c1-12-18(23-16-4-3-14(21)7-15(16)22)17(9-25(2)19(12)28)24-31(29,30)20(5-6-20)8-13(10-26)11-27/h3-4,7,9,13,23-24,26-27H,5-6,8,10-11H2,1-2H3. The summed E-state index contributed by atoms with van der Waals surface area (Å²) >= 11 is 3.18. The molecule has 1 saturated carbocycles. The van der Waals surface area contributed by atoms with E-state index in [-0.39, 0.29) is 47.8 Å². The number of halogens is 2. The molecule has 1 heterocycles. The van der Waals surface area contributed by atoms with Gasteiger partial charge in [-0.25, -0.2) is 12.8 Å². The van der Waals surface area contributed by atoms with Crippen LogP contribution in [0.25, 0.3) is 0 Å². The van der Waals surface area contributed by atoms with Gasteiger partial charge in [0.25, 0.3) is 5.56 Å². The highest BCUT2D eigenvalue weighted by atomic mass is 79.9. The average molecular weight is 518 g/mol. The normalized spacial score (nSPS) is 15.2. The molecule has 0 bridgehead atoms. The predicted molar refractivity (Wildman–Crippen MR) is 121 cm³/mol. The van der Waals surface area contributed by atoms with Crippen molar-refractivity contribution in [1.29, 1.82) is 0 Å². The molecule has 1 aliphatic carbocycles. The van der Waals surface area contributed by atoms with Crippen LogP contribution in [0.3, 0.4) is 0 Å². The topological polar surface area (TPSA) is 121 Å². The number of aromatic nitrogens is 1. The molecule has 11 heteroatoms. The van der Waals surface area contributed by atoms with Gasteiger partial charge in [-0.15, -0.1) is 0 Å². The minimum atomic E-state index is -3.92. The molecule has 1 fully saturated rings. The zero-order chi connectivity index (χ0) is 23.0. The first kappa shape index (κ1) is 23.7. The number of nitrogens with one attached hydrogen (secondary N) is 2. The highest BCUT2D eigenvalue weighted by molar-refractivity contribution is 9.10.